The lowest BCUT2D eigenvalue weighted by molar-refractivity contribution is -0.928. The third-order valence-corrected chi connectivity index (χ3v) is 5.65. The van der Waals surface area contributed by atoms with Gasteiger partial charge in [-0.1, -0.05) is 0 Å². The molecule has 1 fully saturated rings. The minimum atomic E-state index is -2.40. The molecule has 0 aromatic carbocycles. The van der Waals surface area contributed by atoms with E-state index in [1.54, 1.807) is 12.3 Å². The van der Waals surface area contributed by atoms with Crippen molar-refractivity contribution in [2.24, 2.45) is 5.92 Å². The Morgan fingerprint density at radius 2 is 2.11 bits per heavy atom. The van der Waals surface area contributed by atoms with E-state index in [2.05, 4.69) is 32.5 Å². The van der Waals surface area contributed by atoms with E-state index in [4.69, 9.17) is 4.74 Å². The lowest BCUT2D eigenvalue weighted by Crippen LogP contribution is -2.51. The maximum absolute atomic E-state index is 12.5. The lowest BCUT2D eigenvalue weighted by atomic mass is 9.97. The molecule has 0 saturated carbocycles. The Labute approximate surface area is 163 Å². The molecule has 0 bridgehead atoms. The molecule has 7 nitrogen and oxygen atoms in total. The van der Waals surface area contributed by atoms with Crippen LogP contribution >= 0.6 is 0 Å². The molecule has 9 heteroatoms. The van der Waals surface area contributed by atoms with Crippen LogP contribution in [0.1, 0.15) is 29.9 Å². The Morgan fingerprint density at radius 3 is 2.89 bits per heavy atom. The number of hydrogen-bond acceptors (Lipinski definition) is 5. The molecular formula is C19H27F2N6O+. The van der Waals surface area contributed by atoms with Crippen molar-refractivity contribution in [3.63, 3.8) is 0 Å². The summed E-state index contributed by atoms with van der Waals surface area (Å²) in [5.74, 6) is 1.78. The highest BCUT2D eigenvalue weighted by Crippen LogP contribution is 2.27. The van der Waals surface area contributed by atoms with Crippen LogP contribution in [0.2, 0.25) is 0 Å². The molecule has 1 unspecified atom stereocenters. The minimum Gasteiger partial charge on any atom is -0.381 e. The number of anilines is 2. The molecule has 152 valence electrons. The van der Waals surface area contributed by atoms with Gasteiger partial charge in [-0.3, -0.25) is 5.10 Å². The second kappa shape index (κ2) is 8.08. The third-order valence-electron chi connectivity index (χ3n) is 5.65. The number of likely N-dealkylation sites (N-methyl/N-ethyl adjacent to an activating group) is 1. The second-order valence-electron chi connectivity index (χ2n) is 8.14. The number of halogens is 2. The molecule has 2 aromatic heterocycles. The number of alkyl halides is 2. The predicted octanol–water partition coefficient (Wildman–Crippen LogP) is 2.68. The van der Waals surface area contributed by atoms with Crippen molar-refractivity contribution in [2.45, 2.75) is 38.7 Å². The van der Waals surface area contributed by atoms with Gasteiger partial charge in [-0.2, -0.15) is 5.10 Å². The van der Waals surface area contributed by atoms with Crippen LogP contribution in [0.15, 0.2) is 12.3 Å². The summed E-state index contributed by atoms with van der Waals surface area (Å²) in [4.78, 5) is 9.32. The number of nitrogens with zero attached hydrogens (tertiary/aromatic N) is 4. The molecule has 4 rings (SSSR count). The fourth-order valence-corrected chi connectivity index (χ4v) is 4.20. The molecule has 0 amide bonds. The molecule has 0 radical (unpaired) electrons. The van der Waals surface area contributed by atoms with Crippen LogP contribution < -0.4 is 5.32 Å². The Morgan fingerprint density at radius 1 is 1.29 bits per heavy atom. The van der Waals surface area contributed by atoms with Crippen LogP contribution in [0.3, 0.4) is 0 Å². The van der Waals surface area contributed by atoms with E-state index in [0.29, 0.717) is 17.3 Å². The van der Waals surface area contributed by atoms with Crippen LogP contribution in [0.4, 0.5) is 20.4 Å². The van der Waals surface area contributed by atoms with E-state index in [0.717, 1.165) is 73.9 Å². The van der Waals surface area contributed by atoms with E-state index in [1.165, 1.54) is 0 Å². The van der Waals surface area contributed by atoms with Gasteiger partial charge in [-0.15, -0.1) is 0 Å². The molecule has 2 aromatic rings. The largest absolute Gasteiger partial charge is 0.381 e. The smallest absolute Gasteiger partial charge is 0.244 e. The second-order valence-corrected chi connectivity index (χ2v) is 8.14. The van der Waals surface area contributed by atoms with Gasteiger partial charge in [0.2, 0.25) is 6.43 Å². The van der Waals surface area contributed by atoms with Crippen LogP contribution in [-0.2, 0) is 24.1 Å². The van der Waals surface area contributed by atoms with Crippen molar-refractivity contribution < 1.29 is 18.0 Å². The van der Waals surface area contributed by atoms with Gasteiger partial charge in [0.15, 0.2) is 5.82 Å². The van der Waals surface area contributed by atoms with Gasteiger partial charge in [0.1, 0.15) is 18.1 Å². The highest BCUT2D eigenvalue weighted by atomic mass is 19.3. The maximum atomic E-state index is 12.5. The number of rotatable bonds is 6. The molecule has 4 heterocycles. The number of H-pyrrole nitrogens is 1. The van der Waals surface area contributed by atoms with Gasteiger partial charge < -0.3 is 14.5 Å². The molecule has 0 spiro atoms. The van der Waals surface area contributed by atoms with E-state index in [9.17, 15) is 8.78 Å². The topological polar surface area (TPSA) is 75.7 Å². The molecular weight excluding hydrogens is 366 g/mol. The SMILES string of the molecule is C[N+]1(CC2CCOCC2)CCc2nc(Nc3cc(CC(F)F)[nH]n3)cnc2C1. The van der Waals surface area contributed by atoms with Crippen molar-refractivity contribution in [3.05, 3.63) is 29.3 Å². The maximum Gasteiger partial charge on any atom is 0.244 e. The Balaban J connectivity index is 1.40. The predicted molar refractivity (Wildman–Crippen MR) is 100 cm³/mol. The van der Waals surface area contributed by atoms with Gasteiger partial charge in [-0.25, -0.2) is 18.7 Å². The highest BCUT2D eigenvalue weighted by molar-refractivity contribution is 5.51. The fraction of sp³-hybridized carbons (Fsp3) is 0.632. The monoisotopic (exact) mass is 393 g/mol. The normalized spacial score (nSPS) is 23.0. The summed E-state index contributed by atoms with van der Waals surface area (Å²) in [5.41, 5.74) is 2.45. The zero-order valence-electron chi connectivity index (χ0n) is 16.1. The summed E-state index contributed by atoms with van der Waals surface area (Å²) >= 11 is 0. The first-order chi connectivity index (χ1) is 13.5. The average Bonchev–Trinajstić information content (AvgIpc) is 3.08. The van der Waals surface area contributed by atoms with E-state index < -0.39 is 6.43 Å². The first-order valence-corrected chi connectivity index (χ1v) is 9.85. The lowest BCUT2D eigenvalue weighted by Gasteiger charge is -2.40. The van der Waals surface area contributed by atoms with Gasteiger partial charge >= 0.3 is 0 Å². The fourth-order valence-electron chi connectivity index (χ4n) is 4.20. The molecule has 1 atom stereocenters. The first-order valence-electron chi connectivity index (χ1n) is 9.85. The van der Waals surface area contributed by atoms with Gasteiger partial charge in [0, 0.05) is 37.3 Å². The molecule has 2 N–H and O–H groups in total. The Hall–Kier alpha value is -2.13. The van der Waals surface area contributed by atoms with E-state index in [-0.39, 0.29) is 6.42 Å². The van der Waals surface area contributed by atoms with Gasteiger partial charge in [0.05, 0.1) is 38.4 Å². The van der Waals surface area contributed by atoms with Gasteiger partial charge in [-0.05, 0) is 12.8 Å². The summed E-state index contributed by atoms with van der Waals surface area (Å²) in [7, 11) is 2.31. The standard InChI is InChI=1S/C19H27F2N6O/c1-27(11-13-3-6-28-7-4-13)5-2-15-16(12-27)22-10-19(23-15)24-18-9-14(25-26-18)8-17(20)21/h9-10,13,17H,2-8,11-12H2,1H3,(H2,23,24,25,26)/q+1. The summed E-state index contributed by atoms with van der Waals surface area (Å²) in [5, 5.41) is 9.69. The van der Waals surface area contributed by atoms with Crippen LogP contribution in [-0.4, -0.2) is 64.4 Å². The zero-order valence-corrected chi connectivity index (χ0v) is 16.1. The summed E-state index contributed by atoms with van der Waals surface area (Å²) in [6.07, 6.45) is 2.14. The highest BCUT2D eigenvalue weighted by Gasteiger charge is 2.33. The summed E-state index contributed by atoms with van der Waals surface area (Å²) in [6, 6.07) is 1.58. The summed E-state index contributed by atoms with van der Waals surface area (Å²) < 4.78 is 31.4. The van der Waals surface area contributed by atoms with E-state index >= 15 is 0 Å². The van der Waals surface area contributed by atoms with Crippen molar-refractivity contribution in [2.75, 3.05) is 38.7 Å². The van der Waals surface area contributed by atoms with Crippen LogP contribution in [0.5, 0.6) is 0 Å². The number of nitrogens with one attached hydrogen (secondary N) is 2. The van der Waals surface area contributed by atoms with E-state index in [1.807, 2.05) is 0 Å². The first kappa shape index (κ1) is 19.2. The molecule has 1 saturated heterocycles. The Bertz CT molecular complexity index is 807. The number of aromatic nitrogens is 4. The number of ether oxygens (including phenoxy) is 1. The number of aromatic amines is 1. The van der Waals surface area contributed by atoms with Crippen molar-refractivity contribution in [1.82, 2.24) is 20.2 Å². The van der Waals surface area contributed by atoms with Crippen LogP contribution in [0.25, 0.3) is 0 Å². The number of hydrogen-bond donors (Lipinski definition) is 2. The number of quaternary nitrogens is 1. The number of fused-ring (bicyclic) bond motifs is 1. The molecule has 28 heavy (non-hydrogen) atoms. The van der Waals surface area contributed by atoms with Gasteiger partial charge in [0.25, 0.3) is 0 Å². The van der Waals surface area contributed by atoms with Crippen molar-refractivity contribution >= 4 is 11.6 Å². The van der Waals surface area contributed by atoms with Crippen molar-refractivity contribution in [1.29, 1.82) is 0 Å². The van der Waals surface area contributed by atoms with Crippen LogP contribution in [0, 0.1) is 5.92 Å². The Kier molecular flexibility index (Phi) is 5.54. The minimum absolute atomic E-state index is 0.339. The molecule has 2 aliphatic heterocycles. The van der Waals surface area contributed by atoms with Crippen molar-refractivity contribution in [3.8, 4) is 0 Å². The quantitative estimate of drug-likeness (QED) is 0.738. The third kappa shape index (κ3) is 4.64. The summed E-state index contributed by atoms with van der Waals surface area (Å²) in [6.45, 7) is 4.85. The molecule has 0 aliphatic carbocycles. The zero-order chi connectivity index (χ0) is 19.6. The average molecular weight is 393 g/mol. The molecule has 2 aliphatic rings.